The summed E-state index contributed by atoms with van der Waals surface area (Å²) in [7, 11) is 1.61. The van der Waals surface area contributed by atoms with E-state index in [2.05, 4.69) is 25.2 Å². The van der Waals surface area contributed by atoms with E-state index in [0.717, 1.165) is 43.0 Å². The first-order valence-corrected chi connectivity index (χ1v) is 10.7. The number of hydrogen-bond acceptors (Lipinski definition) is 7. The lowest BCUT2D eigenvalue weighted by Crippen LogP contribution is -2.41. The van der Waals surface area contributed by atoms with Crippen LogP contribution in [0.15, 0.2) is 61.2 Å². The number of pyridine rings is 1. The number of rotatable bonds is 8. The van der Waals surface area contributed by atoms with Crippen molar-refractivity contribution in [3.05, 3.63) is 72.3 Å². The molecule has 3 heterocycles. The van der Waals surface area contributed by atoms with Gasteiger partial charge in [0.15, 0.2) is 11.5 Å². The fourth-order valence-electron chi connectivity index (χ4n) is 3.71. The van der Waals surface area contributed by atoms with E-state index in [1.54, 1.807) is 38.0 Å². The van der Waals surface area contributed by atoms with Crippen LogP contribution in [-0.2, 0) is 17.9 Å². The van der Waals surface area contributed by atoms with Gasteiger partial charge in [0.25, 0.3) is 0 Å². The molecule has 0 saturated carbocycles. The molecule has 3 aromatic rings. The van der Waals surface area contributed by atoms with Crippen molar-refractivity contribution in [2.45, 2.75) is 26.0 Å². The molecule has 1 amide bonds. The van der Waals surface area contributed by atoms with Crippen LogP contribution in [0.1, 0.15) is 24.0 Å². The van der Waals surface area contributed by atoms with E-state index < -0.39 is 0 Å². The summed E-state index contributed by atoms with van der Waals surface area (Å²) in [6.45, 7) is 2.43. The van der Waals surface area contributed by atoms with E-state index in [-0.39, 0.29) is 11.8 Å². The summed E-state index contributed by atoms with van der Waals surface area (Å²) >= 11 is 0. The third kappa shape index (κ3) is 5.51. The van der Waals surface area contributed by atoms with Crippen molar-refractivity contribution in [2.75, 3.05) is 25.1 Å². The fraction of sp³-hybridized carbons (Fsp3) is 0.333. The van der Waals surface area contributed by atoms with E-state index >= 15 is 0 Å². The zero-order chi connectivity index (χ0) is 22.2. The van der Waals surface area contributed by atoms with Gasteiger partial charge in [-0.15, -0.1) is 0 Å². The maximum absolute atomic E-state index is 12.7. The van der Waals surface area contributed by atoms with Crippen molar-refractivity contribution in [3.8, 4) is 11.5 Å². The zero-order valence-electron chi connectivity index (χ0n) is 18.1. The van der Waals surface area contributed by atoms with Crippen molar-refractivity contribution >= 4 is 11.9 Å². The summed E-state index contributed by atoms with van der Waals surface area (Å²) < 4.78 is 11.4. The first-order chi connectivity index (χ1) is 15.7. The van der Waals surface area contributed by atoms with E-state index in [1.165, 1.54) is 0 Å². The molecular weight excluding hydrogens is 406 g/mol. The number of nitrogens with zero attached hydrogens (tertiary/aromatic N) is 4. The van der Waals surface area contributed by atoms with Gasteiger partial charge in [0.2, 0.25) is 11.9 Å². The topological polar surface area (TPSA) is 89.5 Å². The van der Waals surface area contributed by atoms with E-state index in [9.17, 15) is 4.79 Å². The monoisotopic (exact) mass is 433 g/mol. The van der Waals surface area contributed by atoms with Crippen LogP contribution in [0.2, 0.25) is 0 Å². The number of nitrogens with one attached hydrogen (secondary N) is 1. The summed E-state index contributed by atoms with van der Waals surface area (Å²) in [6.07, 6.45) is 8.53. The van der Waals surface area contributed by atoms with Gasteiger partial charge in [-0.2, -0.15) is 0 Å². The van der Waals surface area contributed by atoms with Crippen LogP contribution >= 0.6 is 0 Å². The molecule has 0 unspecified atom stereocenters. The normalized spacial score (nSPS) is 14.1. The lowest BCUT2D eigenvalue weighted by Gasteiger charge is -2.31. The maximum Gasteiger partial charge on any atom is 0.225 e. The highest BCUT2D eigenvalue weighted by molar-refractivity contribution is 5.79. The Labute approximate surface area is 187 Å². The Kier molecular flexibility index (Phi) is 7.12. The summed E-state index contributed by atoms with van der Waals surface area (Å²) in [4.78, 5) is 27.4. The minimum Gasteiger partial charge on any atom is -0.493 e. The molecule has 32 heavy (non-hydrogen) atoms. The Morgan fingerprint density at radius 2 is 1.78 bits per heavy atom. The lowest BCUT2D eigenvalue weighted by molar-refractivity contribution is -0.125. The number of hydrogen-bond donors (Lipinski definition) is 1. The Morgan fingerprint density at radius 3 is 2.50 bits per heavy atom. The molecule has 1 fully saturated rings. The third-order valence-electron chi connectivity index (χ3n) is 5.54. The lowest BCUT2D eigenvalue weighted by atomic mass is 9.96. The van der Waals surface area contributed by atoms with Crippen molar-refractivity contribution in [2.24, 2.45) is 5.92 Å². The minimum absolute atomic E-state index is 0.000161. The number of ether oxygens (including phenoxy) is 2. The number of benzene rings is 1. The SMILES string of the molecule is COc1cc(CNC(=O)C2CCN(c3ncccn3)CC2)ccc1OCc1ccncc1. The van der Waals surface area contributed by atoms with Gasteiger partial charge < -0.3 is 19.7 Å². The molecule has 1 N–H and O–H groups in total. The second-order valence-corrected chi connectivity index (χ2v) is 7.66. The van der Waals surface area contributed by atoms with Gasteiger partial charge in [0.05, 0.1) is 7.11 Å². The second kappa shape index (κ2) is 10.6. The number of methoxy groups -OCH3 is 1. The Morgan fingerprint density at radius 1 is 1.03 bits per heavy atom. The average Bonchev–Trinajstić information content (AvgIpc) is 2.87. The highest BCUT2D eigenvalue weighted by atomic mass is 16.5. The molecule has 8 heteroatoms. The van der Waals surface area contributed by atoms with Gasteiger partial charge in [-0.25, -0.2) is 9.97 Å². The quantitative estimate of drug-likeness (QED) is 0.584. The van der Waals surface area contributed by atoms with Gasteiger partial charge in [0.1, 0.15) is 6.61 Å². The molecule has 0 bridgehead atoms. The molecule has 1 saturated heterocycles. The second-order valence-electron chi connectivity index (χ2n) is 7.66. The van der Waals surface area contributed by atoms with Crippen LogP contribution in [0.25, 0.3) is 0 Å². The number of carbonyl (C=O) groups excluding carboxylic acids is 1. The van der Waals surface area contributed by atoms with Gasteiger partial charge in [-0.05, 0) is 54.3 Å². The smallest absolute Gasteiger partial charge is 0.225 e. The van der Waals surface area contributed by atoms with E-state index in [1.807, 2.05) is 30.3 Å². The standard InChI is InChI=1S/C24H27N5O3/c1-31-22-15-19(3-4-21(22)32-17-18-5-11-25-12-6-18)16-28-23(30)20-7-13-29(14-8-20)24-26-9-2-10-27-24/h2-6,9-12,15,20H,7-8,13-14,16-17H2,1H3,(H,28,30). The molecule has 1 aliphatic heterocycles. The Balaban J connectivity index is 1.27. The van der Waals surface area contributed by atoms with Crippen molar-refractivity contribution in [1.82, 2.24) is 20.3 Å². The molecule has 1 aliphatic rings. The molecule has 8 nitrogen and oxygen atoms in total. The summed E-state index contributed by atoms with van der Waals surface area (Å²) in [5.41, 5.74) is 1.99. The van der Waals surface area contributed by atoms with Crippen molar-refractivity contribution < 1.29 is 14.3 Å². The number of aromatic nitrogens is 3. The van der Waals surface area contributed by atoms with Crippen LogP contribution in [0.4, 0.5) is 5.95 Å². The zero-order valence-corrected chi connectivity index (χ0v) is 18.1. The van der Waals surface area contributed by atoms with Crippen LogP contribution in [0, 0.1) is 5.92 Å². The molecule has 1 aromatic carbocycles. The molecule has 0 spiro atoms. The van der Waals surface area contributed by atoms with Crippen molar-refractivity contribution in [3.63, 3.8) is 0 Å². The largest absolute Gasteiger partial charge is 0.493 e. The number of carbonyl (C=O) groups is 1. The average molecular weight is 434 g/mol. The summed E-state index contributed by atoms with van der Waals surface area (Å²) in [6, 6.07) is 11.3. The first-order valence-electron chi connectivity index (χ1n) is 10.7. The molecule has 4 rings (SSSR count). The highest BCUT2D eigenvalue weighted by Gasteiger charge is 2.25. The van der Waals surface area contributed by atoms with Crippen LogP contribution in [-0.4, -0.2) is 41.1 Å². The number of amides is 1. The molecule has 2 aromatic heterocycles. The van der Waals surface area contributed by atoms with Gasteiger partial charge in [0, 0.05) is 50.3 Å². The Bertz CT molecular complexity index is 1010. The first kappa shape index (κ1) is 21.5. The van der Waals surface area contributed by atoms with Gasteiger partial charge in [-0.3, -0.25) is 9.78 Å². The van der Waals surface area contributed by atoms with Gasteiger partial charge >= 0.3 is 0 Å². The molecule has 0 radical (unpaired) electrons. The van der Waals surface area contributed by atoms with E-state index in [4.69, 9.17) is 9.47 Å². The van der Waals surface area contributed by atoms with E-state index in [0.29, 0.717) is 24.7 Å². The van der Waals surface area contributed by atoms with Crippen LogP contribution in [0.3, 0.4) is 0 Å². The minimum atomic E-state index is -0.000161. The van der Waals surface area contributed by atoms with Crippen LogP contribution in [0.5, 0.6) is 11.5 Å². The third-order valence-corrected chi connectivity index (χ3v) is 5.54. The van der Waals surface area contributed by atoms with Crippen LogP contribution < -0.4 is 19.7 Å². The number of piperidine rings is 1. The highest BCUT2D eigenvalue weighted by Crippen LogP contribution is 2.29. The molecular formula is C24H27N5O3. The predicted octanol–water partition coefficient (Wildman–Crippen LogP) is 2.99. The maximum atomic E-state index is 12.7. The molecule has 0 atom stereocenters. The fourth-order valence-corrected chi connectivity index (χ4v) is 3.71. The molecule has 0 aliphatic carbocycles. The summed E-state index contributed by atoms with van der Waals surface area (Å²) in [5, 5.41) is 3.06. The van der Waals surface area contributed by atoms with Crippen molar-refractivity contribution in [1.29, 1.82) is 0 Å². The molecule has 166 valence electrons. The summed E-state index contributed by atoms with van der Waals surface area (Å²) in [5.74, 6) is 2.11. The predicted molar refractivity (Wildman–Crippen MR) is 120 cm³/mol. The van der Waals surface area contributed by atoms with Gasteiger partial charge in [-0.1, -0.05) is 6.07 Å². The number of anilines is 1. The Hall–Kier alpha value is -3.68.